The van der Waals surface area contributed by atoms with E-state index in [9.17, 15) is 4.79 Å². The third-order valence-electron chi connectivity index (χ3n) is 2.14. The molecule has 0 saturated heterocycles. The van der Waals surface area contributed by atoms with E-state index in [-0.39, 0.29) is 37.1 Å². The summed E-state index contributed by atoms with van der Waals surface area (Å²) >= 11 is 8.88. The molecule has 0 bridgehead atoms. The predicted octanol–water partition coefficient (Wildman–Crippen LogP) is 2.99. The molecule has 2 aromatic heterocycles. The van der Waals surface area contributed by atoms with E-state index in [1.807, 2.05) is 17.5 Å². The summed E-state index contributed by atoms with van der Waals surface area (Å²) in [4.78, 5) is 16.9. The average molecular weight is 375 g/mol. The molecule has 4 nitrogen and oxygen atoms in total. The number of halogens is 3. The van der Waals surface area contributed by atoms with Crippen molar-refractivity contribution in [3.05, 3.63) is 27.5 Å². The van der Waals surface area contributed by atoms with E-state index in [1.54, 1.807) is 0 Å². The van der Waals surface area contributed by atoms with Crippen LogP contribution in [0.25, 0.3) is 9.88 Å². The van der Waals surface area contributed by atoms with Crippen molar-refractivity contribution in [2.24, 2.45) is 5.73 Å². The molecule has 0 saturated carbocycles. The van der Waals surface area contributed by atoms with Crippen molar-refractivity contribution < 1.29 is 4.79 Å². The summed E-state index contributed by atoms with van der Waals surface area (Å²) in [5, 5.41) is 5.51. The topological polar surface area (TPSA) is 68.0 Å². The highest BCUT2D eigenvalue weighted by atomic mass is 35.5. The maximum absolute atomic E-state index is 11.5. The van der Waals surface area contributed by atoms with Gasteiger partial charge in [0, 0.05) is 18.5 Å². The van der Waals surface area contributed by atoms with Crippen molar-refractivity contribution in [3.8, 4) is 9.88 Å². The van der Waals surface area contributed by atoms with Crippen LogP contribution in [0.15, 0.2) is 17.5 Å². The van der Waals surface area contributed by atoms with E-state index in [1.165, 1.54) is 22.7 Å². The van der Waals surface area contributed by atoms with Crippen LogP contribution >= 0.6 is 59.1 Å². The van der Waals surface area contributed by atoms with Crippen LogP contribution in [-0.4, -0.2) is 24.0 Å². The fraction of sp³-hybridized carbons (Fsp3) is 0.273. The van der Waals surface area contributed by atoms with E-state index < -0.39 is 0 Å². The van der Waals surface area contributed by atoms with Gasteiger partial charge in [-0.05, 0) is 12.1 Å². The van der Waals surface area contributed by atoms with Gasteiger partial charge in [-0.15, -0.1) is 47.5 Å². The zero-order valence-electron chi connectivity index (χ0n) is 10.3. The van der Waals surface area contributed by atoms with E-state index >= 15 is 0 Å². The fourth-order valence-electron chi connectivity index (χ4n) is 1.37. The number of carbonyl (C=O) groups excluding carboxylic acids is 1. The van der Waals surface area contributed by atoms with Crippen molar-refractivity contribution in [2.75, 3.05) is 13.1 Å². The normalized spacial score (nSPS) is 9.50. The van der Waals surface area contributed by atoms with Crippen molar-refractivity contribution in [2.45, 2.75) is 6.42 Å². The molecule has 2 heterocycles. The van der Waals surface area contributed by atoms with Crippen LogP contribution in [0.3, 0.4) is 0 Å². The second-order valence-corrected chi connectivity index (χ2v) is 6.14. The minimum Gasteiger partial charge on any atom is -0.354 e. The van der Waals surface area contributed by atoms with Gasteiger partial charge in [0.2, 0.25) is 5.91 Å². The lowest BCUT2D eigenvalue weighted by atomic mass is 10.3. The number of amides is 1. The lowest BCUT2D eigenvalue weighted by molar-refractivity contribution is -0.120. The highest BCUT2D eigenvalue weighted by molar-refractivity contribution is 7.23. The van der Waals surface area contributed by atoms with Gasteiger partial charge in [0.15, 0.2) is 0 Å². The number of carbonyl (C=O) groups is 1. The van der Waals surface area contributed by atoms with Crippen molar-refractivity contribution in [1.29, 1.82) is 0 Å². The maximum atomic E-state index is 11.5. The monoisotopic (exact) mass is 373 g/mol. The fourth-order valence-corrected chi connectivity index (χ4v) is 3.30. The maximum Gasteiger partial charge on any atom is 0.226 e. The summed E-state index contributed by atoms with van der Waals surface area (Å²) in [6.07, 6.45) is 0.287. The zero-order valence-corrected chi connectivity index (χ0v) is 14.3. The summed E-state index contributed by atoms with van der Waals surface area (Å²) in [5.74, 6) is -0.0542. The Morgan fingerprint density at radius 3 is 2.75 bits per heavy atom. The van der Waals surface area contributed by atoms with Crippen LogP contribution < -0.4 is 11.1 Å². The average Bonchev–Trinajstić information content (AvgIpc) is 2.95. The van der Waals surface area contributed by atoms with E-state index in [0.717, 1.165) is 19.9 Å². The Bertz CT molecular complexity index is 545. The van der Waals surface area contributed by atoms with Crippen molar-refractivity contribution >= 4 is 65.0 Å². The lowest BCUT2D eigenvalue weighted by Crippen LogP contribution is -2.30. The molecule has 9 heteroatoms. The van der Waals surface area contributed by atoms with Crippen LogP contribution in [0.1, 0.15) is 5.69 Å². The number of aromatic nitrogens is 1. The largest absolute Gasteiger partial charge is 0.354 e. The molecule has 0 spiro atoms. The molecule has 0 radical (unpaired) electrons. The molecule has 0 unspecified atom stereocenters. The van der Waals surface area contributed by atoms with Gasteiger partial charge < -0.3 is 11.1 Å². The van der Waals surface area contributed by atoms with Gasteiger partial charge in [-0.3, -0.25) is 4.79 Å². The number of rotatable bonds is 5. The molecular formula is C11H14Cl3N3OS2. The summed E-state index contributed by atoms with van der Waals surface area (Å²) in [5.41, 5.74) is 6.09. The molecule has 0 aliphatic carbocycles. The molecule has 0 atom stereocenters. The summed E-state index contributed by atoms with van der Waals surface area (Å²) in [7, 11) is 0. The van der Waals surface area contributed by atoms with Gasteiger partial charge in [-0.25, -0.2) is 4.98 Å². The molecule has 3 N–H and O–H groups in total. The Labute approximate surface area is 142 Å². The molecule has 0 aromatic carbocycles. The molecule has 2 rings (SSSR count). The van der Waals surface area contributed by atoms with Crippen molar-refractivity contribution in [3.63, 3.8) is 0 Å². The Morgan fingerprint density at radius 2 is 2.15 bits per heavy atom. The SMILES string of the molecule is Cl.Cl.NCCNC(=O)Cc1csc(-c2ccc(Cl)s2)n1. The van der Waals surface area contributed by atoms with E-state index in [2.05, 4.69) is 10.3 Å². The highest BCUT2D eigenvalue weighted by Crippen LogP contribution is 2.32. The first-order valence-electron chi connectivity index (χ1n) is 5.36. The van der Waals surface area contributed by atoms with Crippen LogP contribution in [0.2, 0.25) is 4.34 Å². The standard InChI is InChI=1S/C11H12ClN3OS2.2ClH/c12-9-2-1-8(18-9)11-15-7(6-17-11)5-10(16)14-4-3-13;;/h1-2,6H,3-5,13H2,(H,14,16);2*1H. The molecule has 1 amide bonds. The van der Waals surface area contributed by atoms with Gasteiger partial charge in [-0.2, -0.15) is 0 Å². The highest BCUT2D eigenvalue weighted by Gasteiger charge is 2.10. The number of nitrogens with two attached hydrogens (primary N) is 1. The quantitative estimate of drug-likeness (QED) is 0.845. The molecular weight excluding hydrogens is 361 g/mol. The Kier molecular flexibility index (Phi) is 9.37. The van der Waals surface area contributed by atoms with Crippen molar-refractivity contribution in [1.82, 2.24) is 10.3 Å². The third kappa shape index (κ3) is 5.55. The number of thiophene rings is 1. The molecule has 112 valence electrons. The molecule has 20 heavy (non-hydrogen) atoms. The van der Waals surface area contributed by atoms with E-state index in [4.69, 9.17) is 17.3 Å². The molecule has 0 aliphatic rings. The van der Waals surface area contributed by atoms with Gasteiger partial charge in [-0.1, -0.05) is 11.6 Å². The molecule has 0 fully saturated rings. The number of nitrogens with zero attached hydrogens (tertiary/aromatic N) is 1. The zero-order chi connectivity index (χ0) is 13.0. The minimum absolute atomic E-state index is 0. The smallest absolute Gasteiger partial charge is 0.226 e. The van der Waals surface area contributed by atoms with Crippen LogP contribution in [0.5, 0.6) is 0 Å². The summed E-state index contributed by atoms with van der Waals surface area (Å²) in [6.45, 7) is 0.943. The van der Waals surface area contributed by atoms with Crippen LogP contribution in [0.4, 0.5) is 0 Å². The second-order valence-electron chi connectivity index (χ2n) is 3.56. The van der Waals surface area contributed by atoms with Crippen LogP contribution in [-0.2, 0) is 11.2 Å². The van der Waals surface area contributed by atoms with Gasteiger partial charge >= 0.3 is 0 Å². The predicted molar refractivity (Wildman–Crippen MR) is 90.7 cm³/mol. The summed E-state index contributed by atoms with van der Waals surface area (Å²) in [6, 6.07) is 3.78. The molecule has 2 aromatic rings. The van der Waals surface area contributed by atoms with E-state index in [0.29, 0.717) is 13.1 Å². The first kappa shape index (κ1) is 19.6. The Hall–Kier alpha value is -0.370. The third-order valence-corrected chi connectivity index (χ3v) is 4.44. The number of hydrogen-bond donors (Lipinski definition) is 2. The first-order valence-corrected chi connectivity index (χ1v) is 7.43. The lowest BCUT2D eigenvalue weighted by Gasteiger charge is -2.00. The Balaban J connectivity index is 0.00000180. The first-order chi connectivity index (χ1) is 8.69. The Morgan fingerprint density at radius 1 is 1.40 bits per heavy atom. The van der Waals surface area contributed by atoms with Crippen LogP contribution in [0, 0.1) is 0 Å². The van der Waals surface area contributed by atoms with Gasteiger partial charge in [0.25, 0.3) is 0 Å². The minimum atomic E-state index is -0.0542. The number of thiazole rings is 1. The summed E-state index contributed by atoms with van der Waals surface area (Å²) < 4.78 is 0.738. The second kappa shape index (κ2) is 9.55. The van der Waals surface area contributed by atoms with Gasteiger partial charge in [0.1, 0.15) is 5.01 Å². The molecule has 0 aliphatic heterocycles. The number of nitrogens with one attached hydrogen (secondary N) is 1. The number of hydrogen-bond acceptors (Lipinski definition) is 5. The van der Waals surface area contributed by atoms with Gasteiger partial charge in [0.05, 0.1) is 21.3 Å².